The van der Waals surface area contributed by atoms with Gasteiger partial charge in [-0.25, -0.2) is 0 Å². The number of aliphatic hydroxyl groups excluding tert-OH is 1. The first kappa shape index (κ1) is 13.3. The standard InChI is InChI=1S/C14H28N2O/c1-15-11-7-9-12(10-8-11)16(2)13-5-3-4-6-14(13)17/h11-15,17H,3-10H2,1-2H3. The van der Waals surface area contributed by atoms with E-state index in [9.17, 15) is 5.11 Å². The van der Waals surface area contributed by atoms with Gasteiger partial charge in [-0.1, -0.05) is 12.8 Å². The third-order valence-corrected chi connectivity index (χ3v) is 4.90. The summed E-state index contributed by atoms with van der Waals surface area (Å²) in [6, 6.07) is 1.83. The zero-order valence-corrected chi connectivity index (χ0v) is 11.4. The topological polar surface area (TPSA) is 35.5 Å². The summed E-state index contributed by atoms with van der Waals surface area (Å²) in [5.41, 5.74) is 0. The molecule has 0 aromatic carbocycles. The highest BCUT2D eigenvalue weighted by Gasteiger charge is 2.32. The molecule has 0 saturated heterocycles. The van der Waals surface area contributed by atoms with Gasteiger partial charge < -0.3 is 10.4 Å². The van der Waals surface area contributed by atoms with E-state index in [1.807, 2.05) is 0 Å². The Kier molecular flexibility index (Phi) is 4.83. The summed E-state index contributed by atoms with van der Waals surface area (Å²) in [5.74, 6) is 0. The molecule has 2 rings (SSSR count). The van der Waals surface area contributed by atoms with Crippen LogP contribution in [-0.4, -0.2) is 48.3 Å². The van der Waals surface area contributed by atoms with Crippen LogP contribution in [0.4, 0.5) is 0 Å². The Balaban J connectivity index is 1.85. The maximum Gasteiger partial charge on any atom is 0.0695 e. The summed E-state index contributed by atoms with van der Waals surface area (Å²) in [7, 11) is 4.29. The molecule has 0 aromatic heterocycles. The number of nitrogens with one attached hydrogen (secondary N) is 1. The number of nitrogens with zero attached hydrogens (tertiary/aromatic N) is 1. The van der Waals surface area contributed by atoms with Crippen LogP contribution in [0, 0.1) is 0 Å². The Morgan fingerprint density at radius 3 is 2.24 bits per heavy atom. The van der Waals surface area contributed by atoms with E-state index < -0.39 is 0 Å². The summed E-state index contributed by atoms with van der Waals surface area (Å²) in [4.78, 5) is 2.48. The van der Waals surface area contributed by atoms with Crippen molar-refractivity contribution in [1.82, 2.24) is 10.2 Å². The zero-order chi connectivity index (χ0) is 12.3. The fourth-order valence-corrected chi connectivity index (χ4v) is 3.61. The van der Waals surface area contributed by atoms with Gasteiger partial charge in [-0.3, -0.25) is 4.90 Å². The largest absolute Gasteiger partial charge is 0.391 e. The normalized spacial score (nSPS) is 39.5. The van der Waals surface area contributed by atoms with Crippen LogP contribution in [0.25, 0.3) is 0 Å². The van der Waals surface area contributed by atoms with E-state index >= 15 is 0 Å². The van der Waals surface area contributed by atoms with Crippen LogP contribution in [0.15, 0.2) is 0 Å². The smallest absolute Gasteiger partial charge is 0.0695 e. The average Bonchev–Trinajstić information content (AvgIpc) is 2.39. The molecule has 17 heavy (non-hydrogen) atoms. The molecule has 100 valence electrons. The van der Waals surface area contributed by atoms with Crippen molar-refractivity contribution in [3.05, 3.63) is 0 Å². The van der Waals surface area contributed by atoms with Crippen molar-refractivity contribution in [1.29, 1.82) is 0 Å². The second-order valence-electron chi connectivity index (χ2n) is 5.88. The van der Waals surface area contributed by atoms with Gasteiger partial charge in [0.1, 0.15) is 0 Å². The van der Waals surface area contributed by atoms with E-state index in [-0.39, 0.29) is 6.10 Å². The number of likely N-dealkylation sites (N-methyl/N-ethyl adjacent to an activating group) is 1. The van der Waals surface area contributed by atoms with Crippen molar-refractivity contribution in [3.63, 3.8) is 0 Å². The van der Waals surface area contributed by atoms with E-state index in [0.717, 1.165) is 12.5 Å². The fourth-order valence-electron chi connectivity index (χ4n) is 3.61. The third kappa shape index (κ3) is 3.21. The highest BCUT2D eigenvalue weighted by Crippen LogP contribution is 2.29. The predicted octanol–water partition coefficient (Wildman–Crippen LogP) is 1.75. The minimum absolute atomic E-state index is 0.0872. The van der Waals surface area contributed by atoms with Gasteiger partial charge in [0.15, 0.2) is 0 Å². The Labute approximate surface area is 106 Å². The molecule has 0 heterocycles. The molecule has 2 fully saturated rings. The van der Waals surface area contributed by atoms with Crippen LogP contribution in [0.3, 0.4) is 0 Å². The number of rotatable bonds is 3. The molecule has 2 atom stereocenters. The van der Waals surface area contributed by atoms with Gasteiger partial charge in [-0.05, 0) is 52.6 Å². The molecule has 0 bridgehead atoms. The first-order chi connectivity index (χ1) is 8.22. The van der Waals surface area contributed by atoms with Crippen LogP contribution in [0.1, 0.15) is 51.4 Å². The number of aliphatic hydroxyl groups is 1. The summed E-state index contributed by atoms with van der Waals surface area (Å²) < 4.78 is 0. The lowest BCUT2D eigenvalue weighted by molar-refractivity contribution is 0.00338. The molecule has 0 aliphatic heterocycles. The molecular formula is C14H28N2O. The van der Waals surface area contributed by atoms with E-state index in [1.165, 1.54) is 44.9 Å². The van der Waals surface area contributed by atoms with Crippen LogP contribution < -0.4 is 5.32 Å². The Morgan fingerprint density at radius 2 is 1.65 bits per heavy atom. The van der Waals surface area contributed by atoms with Crippen molar-refractivity contribution in [2.75, 3.05) is 14.1 Å². The number of hydrogen-bond acceptors (Lipinski definition) is 3. The fraction of sp³-hybridized carbons (Fsp3) is 1.00. The van der Waals surface area contributed by atoms with Gasteiger partial charge in [0.25, 0.3) is 0 Å². The molecule has 0 aromatic rings. The second kappa shape index (κ2) is 6.17. The minimum atomic E-state index is -0.0872. The third-order valence-electron chi connectivity index (χ3n) is 4.90. The van der Waals surface area contributed by atoms with E-state index in [2.05, 4.69) is 24.3 Å². The molecule has 2 aliphatic carbocycles. The average molecular weight is 240 g/mol. The molecule has 0 radical (unpaired) electrons. The van der Waals surface area contributed by atoms with Gasteiger partial charge in [0.05, 0.1) is 6.10 Å². The maximum absolute atomic E-state index is 10.1. The molecular weight excluding hydrogens is 212 g/mol. The lowest BCUT2D eigenvalue weighted by Crippen LogP contribution is -2.50. The molecule has 0 spiro atoms. The molecule has 2 N–H and O–H groups in total. The number of hydrogen-bond donors (Lipinski definition) is 2. The molecule has 2 saturated carbocycles. The van der Waals surface area contributed by atoms with Gasteiger partial charge in [-0.2, -0.15) is 0 Å². The van der Waals surface area contributed by atoms with Crippen LogP contribution >= 0.6 is 0 Å². The summed E-state index contributed by atoms with van der Waals surface area (Å²) >= 11 is 0. The van der Waals surface area contributed by atoms with Crippen molar-refractivity contribution >= 4 is 0 Å². The van der Waals surface area contributed by atoms with Gasteiger partial charge in [0, 0.05) is 18.1 Å². The van der Waals surface area contributed by atoms with Crippen LogP contribution in [-0.2, 0) is 0 Å². The summed E-state index contributed by atoms with van der Waals surface area (Å²) in [5, 5.41) is 13.5. The first-order valence-electron chi connectivity index (χ1n) is 7.29. The van der Waals surface area contributed by atoms with Crippen LogP contribution in [0.2, 0.25) is 0 Å². The molecule has 3 heteroatoms. The predicted molar refractivity (Wildman–Crippen MR) is 71.1 cm³/mol. The lowest BCUT2D eigenvalue weighted by Gasteiger charge is -2.42. The zero-order valence-electron chi connectivity index (χ0n) is 11.4. The second-order valence-corrected chi connectivity index (χ2v) is 5.88. The Bertz CT molecular complexity index is 226. The summed E-state index contributed by atoms with van der Waals surface area (Å²) in [6.45, 7) is 0. The van der Waals surface area contributed by atoms with Crippen LogP contribution in [0.5, 0.6) is 0 Å². The quantitative estimate of drug-likeness (QED) is 0.789. The van der Waals surface area contributed by atoms with Crippen molar-refractivity contribution in [3.8, 4) is 0 Å². The van der Waals surface area contributed by atoms with Crippen molar-refractivity contribution < 1.29 is 5.11 Å². The van der Waals surface area contributed by atoms with Gasteiger partial charge >= 0.3 is 0 Å². The Hall–Kier alpha value is -0.120. The molecule has 3 nitrogen and oxygen atoms in total. The van der Waals surface area contributed by atoms with Gasteiger partial charge in [0.2, 0.25) is 0 Å². The van der Waals surface area contributed by atoms with E-state index in [4.69, 9.17) is 0 Å². The highest BCUT2D eigenvalue weighted by atomic mass is 16.3. The molecule has 0 amide bonds. The SMILES string of the molecule is CNC1CCC(N(C)C2CCCCC2O)CC1. The maximum atomic E-state index is 10.1. The van der Waals surface area contributed by atoms with Gasteiger partial charge in [-0.15, -0.1) is 0 Å². The molecule has 2 aliphatic rings. The highest BCUT2D eigenvalue weighted by molar-refractivity contribution is 4.88. The van der Waals surface area contributed by atoms with E-state index in [0.29, 0.717) is 12.1 Å². The lowest BCUT2D eigenvalue weighted by atomic mass is 9.86. The van der Waals surface area contributed by atoms with Crippen molar-refractivity contribution in [2.24, 2.45) is 0 Å². The summed E-state index contributed by atoms with van der Waals surface area (Å²) in [6.07, 6.45) is 9.73. The first-order valence-corrected chi connectivity index (χ1v) is 7.29. The minimum Gasteiger partial charge on any atom is -0.391 e. The van der Waals surface area contributed by atoms with E-state index in [1.54, 1.807) is 0 Å². The van der Waals surface area contributed by atoms with Crippen molar-refractivity contribution in [2.45, 2.75) is 75.6 Å². The Morgan fingerprint density at radius 1 is 1.00 bits per heavy atom. The molecule has 2 unspecified atom stereocenters. The monoisotopic (exact) mass is 240 g/mol.